The van der Waals surface area contributed by atoms with Gasteiger partial charge in [0, 0.05) is 31.0 Å². The van der Waals surface area contributed by atoms with Crippen LogP contribution in [0.5, 0.6) is 0 Å². The Balaban J connectivity index is 0.00000300. The highest BCUT2D eigenvalue weighted by molar-refractivity contribution is 14.0. The van der Waals surface area contributed by atoms with Crippen molar-refractivity contribution in [3.63, 3.8) is 0 Å². The lowest BCUT2D eigenvalue weighted by molar-refractivity contribution is 0.585. The van der Waals surface area contributed by atoms with Crippen LogP contribution in [-0.4, -0.2) is 22.3 Å². The molecule has 0 atom stereocenters. The average Bonchev–Trinajstić information content (AvgIpc) is 3.20. The third-order valence-electron chi connectivity index (χ3n) is 4.22. The van der Waals surface area contributed by atoms with Crippen LogP contribution in [-0.2, 0) is 19.6 Å². The Bertz CT molecular complexity index is 929. The molecule has 5 nitrogen and oxygen atoms in total. The number of nitrogens with zero attached hydrogens (tertiary/aromatic N) is 3. The normalized spacial score (nSPS) is 11.1. The highest BCUT2D eigenvalue weighted by Gasteiger charge is 2.06. The van der Waals surface area contributed by atoms with E-state index in [1.54, 1.807) is 6.20 Å². The monoisotopic (exact) mass is 511 g/mol. The first-order chi connectivity index (χ1) is 13.7. The summed E-state index contributed by atoms with van der Waals surface area (Å²) in [5, 5.41) is 10.6. The fourth-order valence-electron chi connectivity index (χ4n) is 2.80. The Hall–Kier alpha value is -2.49. The molecule has 2 aromatic carbocycles. The molecule has 0 aliphatic carbocycles. The lowest BCUT2D eigenvalue weighted by Crippen LogP contribution is -2.37. The zero-order valence-electron chi connectivity index (χ0n) is 16.1. The number of aromatic nitrogens is 2. The molecule has 0 aliphatic rings. The van der Waals surface area contributed by atoms with Crippen LogP contribution < -0.4 is 10.6 Å². The SMILES string of the molecule is CCNC(=NCc1cc(F)ccc1F)NCc1ccccc1Cn1cccn1.I. The van der Waals surface area contributed by atoms with Gasteiger partial charge in [0.05, 0.1) is 13.1 Å². The standard InChI is InChI=1S/C21H23F2N5.HI/c1-2-24-21(26-14-18-12-19(22)8-9-20(18)23)25-13-16-6-3-4-7-17(16)15-28-11-5-10-27-28;/h3-12H,2,13-15H2,1H3,(H2,24,25,26);1H. The van der Waals surface area contributed by atoms with Crippen molar-refractivity contribution >= 4 is 29.9 Å². The highest BCUT2D eigenvalue weighted by Crippen LogP contribution is 2.12. The molecule has 0 radical (unpaired) electrons. The fraction of sp³-hybridized carbons (Fsp3) is 0.238. The molecular formula is C21H24F2IN5. The molecule has 0 bridgehead atoms. The third-order valence-corrected chi connectivity index (χ3v) is 4.22. The first-order valence-electron chi connectivity index (χ1n) is 9.16. The van der Waals surface area contributed by atoms with Crippen LogP contribution in [0.2, 0.25) is 0 Å². The minimum absolute atomic E-state index is 0. The van der Waals surface area contributed by atoms with Gasteiger partial charge in [-0.3, -0.25) is 4.68 Å². The number of nitrogens with one attached hydrogen (secondary N) is 2. The van der Waals surface area contributed by atoms with Crippen LogP contribution in [0.4, 0.5) is 8.78 Å². The van der Waals surface area contributed by atoms with Crippen LogP contribution >= 0.6 is 24.0 Å². The summed E-state index contributed by atoms with van der Waals surface area (Å²) in [5.74, 6) is -0.400. The second kappa shape index (κ2) is 11.5. The van der Waals surface area contributed by atoms with Gasteiger partial charge in [-0.15, -0.1) is 24.0 Å². The Morgan fingerprint density at radius 1 is 1.03 bits per heavy atom. The third kappa shape index (κ3) is 6.81. The molecule has 0 fully saturated rings. The largest absolute Gasteiger partial charge is 0.357 e. The summed E-state index contributed by atoms with van der Waals surface area (Å²) in [6.07, 6.45) is 3.67. The first-order valence-corrected chi connectivity index (χ1v) is 9.16. The second-order valence-electron chi connectivity index (χ2n) is 6.26. The molecule has 1 heterocycles. The quantitative estimate of drug-likeness (QED) is 0.286. The fourth-order valence-corrected chi connectivity index (χ4v) is 2.80. The molecule has 0 aliphatic heterocycles. The van der Waals surface area contributed by atoms with Gasteiger partial charge in [0.1, 0.15) is 11.6 Å². The van der Waals surface area contributed by atoms with Gasteiger partial charge in [0.2, 0.25) is 0 Å². The minimum atomic E-state index is -0.475. The van der Waals surface area contributed by atoms with Gasteiger partial charge in [-0.1, -0.05) is 24.3 Å². The molecule has 2 N–H and O–H groups in total. The minimum Gasteiger partial charge on any atom is -0.357 e. The van der Waals surface area contributed by atoms with Crippen LogP contribution in [0.15, 0.2) is 65.9 Å². The summed E-state index contributed by atoms with van der Waals surface area (Å²) >= 11 is 0. The predicted molar refractivity (Wildman–Crippen MR) is 121 cm³/mol. The summed E-state index contributed by atoms with van der Waals surface area (Å²) in [6.45, 7) is 3.88. The molecule has 3 rings (SSSR count). The molecule has 0 unspecified atom stereocenters. The summed E-state index contributed by atoms with van der Waals surface area (Å²) in [4.78, 5) is 4.38. The van der Waals surface area contributed by atoms with Gasteiger partial charge in [0.25, 0.3) is 0 Å². The molecule has 8 heteroatoms. The van der Waals surface area contributed by atoms with Crippen molar-refractivity contribution in [3.05, 3.63) is 89.2 Å². The Morgan fingerprint density at radius 3 is 2.55 bits per heavy atom. The number of benzene rings is 2. The summed E-state index contributed by atoms with van der Waals surface area (Å²) < 4.78 is 29.0. The van der Waals surface area contributed by atoms with Crippen LogP contribution in [0.1, 0.15) is 23.6 Å². The van der Waals surface area contributed by atoms with E-state index < -0.39 is 11.6 Å². The molecule has 0 spiro atoms. The Kier molecular flexibility index (Phi) is 9.04. The van der Waals surface area contributed by atoms with E-state index >= 15 is 0 Å². The zero-order valence-corrected chi connectivity index (χ0v) is 18.4. The number of hydrogen-bond acceptors (Lipinski definition) is 2. The van der Waals surface area contributed by atoms with Crippen LogP contribution in [0.3, 0.4) is 0 Å². The van der Waals surface area contributed by atoms with Gasteiger partial charge in [0.15, 0.2) is 5.96 Å². The van der Waals surface area contributed by atoms with E-state index in [4.69, 9.17) is 0 Å². The van der Waals surface area contributed by atoms with Crippen molar-refractivity contribution in [2.45, 2.75) is 26.6 Å². The second-order valence-corrected chi connectivity index (χ2v) is 6.26. The van der Waals surface area contributed by atoms with Crippen LogP contribution in [0.25, 0.3) is 0 Å². The molecule has 154 valence electrons. The van der Waals surface area contributed by atoms with E-state index in [0.717, 1.165) is 23.3 Å². The van der Waals surface area contributed by atoms with Gasteiger partial charge in [-0.05, 0) is 42.3 Å². The number of guanidine groups is 1. The number of aliphatic imine (C=N–C) groups is 1. The highest BCUT2D eigenvalue weighted by atomic mass is 127. The zero-order chi connectivity index (χ0) is 19.8. The van der Waals surface area contributed by atoms with Crippen molar-refractivity contribution in [1.82, 2.24) is 20.4 Å². The van der Waals surface area contributed by atoms with Crippen molar-refractivity contribution in [1.29, 1.82) is 0 Å². The lowest BCUT2D eigenvalue weighted by atomic mass is 10.1. The molecule has 0 amide bonds. The topological polar surface area (TPSA) is 54.2 Å². The van der Waals surface area contributed by atoms with Crippen LogP contribution in [0, 0.1) is 11.6 Å². The average molecular weight is 511 g/mol. The van der Waals surface area contributed by atoms with Gasteiger partial charge >= 0.3 is 0 Å². The van der Waals surface area contributed by atoms with E-state index in [2.05, 4.69) is 26.8 Å². The lowest BCUT2D eigenvalue weighted by Gasteiger charge is -2.14. The smallest absolute Gasteiger partial charge is 0.191 e. The van der Waals surface area contributed by atoms with Gasteiger partial charge < -0.3 is 10.6 Å². The van der Waals surface area contributed by atoms with Crippen molar-refractivity contribution in [3.8, 4) is 0 Å². The summed E-state index contributed by atoms with van der Waals surface area (Å²) in [7, 11) is 0. The van der Waals surface area contributed by atoms with E-state index in [1.807, 2.05) is 42.1 Å². The molecule has 3 aromatic rings. The van der Waals surface area contributed by atoms with Crippen molar-refractivity contribution in [2.75, 3.05) is 6.54 Å². The molecule has 29 heavy (non-hydrogen) atoms. The first kappa shape index (κ1) is 22.8. The predicted octanol–water partition coefficient (Wildman–Crippen LogP) is 4.08. The number of rotatable bonds is 7. The molecule has 0 saturated carbocycles. The van der Waals surface area contributed by atoms with Crippen molar-refractivity contribution < 1.29 is 8.78 Å². The maximum absolute atomic E-state index is 13.8. The van der Waals surface area contributed by atoms with Gasteiger partial charge in [-0.25, -0.2) is 13.8 Å². The summed E-state index contributed by atoms with van der Waals surface area (Å²) in [6, 6.07) is 13.4. The van der Waals surface area contributed by atoms with Crippen molar-refractivity contribution in [2.24, 2.45) is 4.99 Å². The Morgan fingerprint density at radius 2 is 1.83 bits per heavy atom. The number of hydrogen-bond donors (Lipinski definition) is 2. The van der Waals surface area contributed by atoms with Gasteiger partial charge in [-0.2, -0.15) is 5.10 Å². The molecule has 0 saturated heterocycles. The maximum atomic E-state index is 13.8. The maximum Gasteiger partial charge on any atom is 0.191 e. The Labute approximate surface area is 186 Å². The van der Waals surface area contributed by atoms with E-state index in [-0.39, 0.29) is 36.1 Å². The number of halogens is 3. The summed E-state index contributed by atoms with van der Waals surface area (Å²) in [5.41, 5.74) is 2.47. The van der Waals surface area contributed by atoms with E-state index in [9.17, 15) is 8.78 Å². The van der Waals surface area contributed by atoms with E-state index in [1.165, 1.54) is 6.07 Å². The molecule has 1 aromatic heterocycles. The molecular weight excluding hydrogens is 487 g/mol. The van der Waals surface area contributed by atoms with E-state index in [0.29, 0.717) is 25.6 Å².